The molecule has 0 aliphatic heterocycles. The Labute approximate surface area is 86.8 Å². The average molecular weight is 205 g/mol. The number of rotatable bonds is 3. The highest BCUT2D eigenvalue weighted by atomic mass is 32.1. The minimum absolute atomic E-state index is 0.708. The summed E-state index contributed by atoms with van der Waals surface area (Å²) >= 11 is 1.69. The predicted octanol–water partition coefficient (Wildman–Crippen LogP) is 1.92. The van der Waals surface area contributed by atoms with Gasteiger partial charge in [-0.3, -0.25) is 0 Å². The number of nitrogens with zero attached hydrogens (tertiary/aromatic N) is 2. The lowest BCUT2D eigenvalue weighted by molar-refractivity contribution is 0.759. The van der Waals surface area contributed by atoms with Crippen LogP contribution in [-0.2, 0) is 6.54 Å². The van der Waals surface area contributed by atoms with Crippen molar-refractivity contribution in [2.75, 3.05) is 7.05 Å². The highest BCUT2D eigenvalue weighted by Gasteiger charge is 2.01. The highest BCUT2D eigenvalue weighted by Crippen LogP contribution is 2.21. The first kappa shape index (κ1) is 9.30. The van der Waals surface area contributed by atoms with Crippen LogP contribution in [0.1, 0.15) is 5.82 Å². The van der Waals surface area contributed by atoms with Crippen molar-refractivity contribution in [2.24, 2.45) is 0 Å². The Balaban J connectivity index is 2.31. The molecule has 2 heterocycles. The Morgan fingerprint density at radius 3 is 3.07 bits per heavy atom. The van der Waals surface area contributed by atoms with Crippen LogP contribution in [0.3, 0.4) is 0 Å². The van der Waals surface area contributed by atoms with E-state index in [1.165, 1.54) is 4.88 Å². The van der Waals surface area contributed by atoms with Crippen molar-refractivity contribution in [3.05, 3.63) is 35.6 Å². The largest absolute Gasteiger partial charge is 0.313 e. The highest BCUT2D eigenvalue weighted by molar-refractivity contribution is 7.13. The molecular formula is C10H11N3S. The van der Waals surface area contributed by atoms with E-state index in [4.69, 9.17) is 0 Å². The van der Waals surface area contributed by atoms with Gasteiger partial charge >= 0.3 is 0 Å². The Bertz CT molecular complexity index is 398. The summed E-state index contributed by atoms with van der Waals surface area (Å²) in [5.41, 5.74) is 1.00. The molecule has 0 aliphatic carbocycles. The first-order valence-corrected chi connectivity index (χ1v) is 5.28. The van der Waals surface area contributed by atoms with Gasteiger partial charge in [0.1, 0.15) is 5.82 Å². The molecule has 0 amide bonds. The SMILES string of the molecule is CNCc1nccc(-c2cccs2)n1. The molecule has 2 rings (SSSR count). The lowest BCUT2D eigenvalue weighted by Gasteiger charge is -2.00. The molecule has 0 atom stereocenters. The van der Waals surface area contributed by atoms with Crippen LogP contribution in [0, 0.1) is 0 Å². The van der Waals surface area contributed by atoms with Crippen LogP contribution < -0.4 is 5.32 Å². The third-order valence-electron chi connectivity index (χ3n) is 1.81. The standard InChI is InChI=1S/C10H11N3S/c1-11-7-10-12-5-4-8(13-10)9-3-2-6-14-9/h2-6,11H,7H2,1H3. The molecule has 0 unspecified atom stereocenters. The molecular weight excluding hydrogens is 194 g/mol. The van der Waals surface area contributed by atoms with Crippen LogP contribution in [-0.4, -0.2) is 17.0 Å². The van der Waals surface area contributed by atoms with Gasteiger partial charge in [-0.2, -0.15) is 0 Å². The average Bonchev–Trinajstić information content (AvgIpc) is 2.71. The lowest BCUT2D eigenvalue weighted by atomic mass is 10.3. The molecule has 0 bridgehead atoms. The third kappa shape index (κ3) is 1.97. The molecule has 0 aliphatic rings. The summed E-state index contributed by atoms with van der Waals surface area (Å²) in [5.74, 6) is 0.832. The van der Waals surface area contributed by atoms with Gasteiger partial charge in [0.05, 0.1) is 17.1 Å². The van der Waals surface area contributed by atoms with Crippen molar-refractivity contribution in [1.82, 2.24) is 15.3 Å². The third-order valence-corrected chi connectivity index (χ3v) is 2.71. The fourth-order valence-corrected chi connectivity index (χ4v) is 1.90. The molecule has 72 valence electrons. The molecule has 0 spiro atoms. The summed E-state index contributed by atoms with van der Waals surface area (Å²) in [6.07, 6.45) is 1.80. The van der Waals surface area contributed by atoms with Gasteiger partial charge in [-0.1, -0.05) is 6.07 Å². The molecule has 0 saturated heterocycles. The lowest BCUT2D eigenvalue weighted by Crippen LogP contribution is -2.08. The van der Waals surface area contributed by atoms with E-state index in [1.54, 1.807) is 17.5 Å². The minimum Gasteiger partial charge on any atom is -0.313 e. The van der Waals surface area contributed by atoms with Crippen molar-refractivity contribution < 1.29 is 0 Å². The van der Waals surface area contributed by atoms with Crippen molar-refractivity contribution in [2.45, 2.75) is 6.54 Å². The number of nitrogens with one attached hydrogen (secondary N) is 1. The molecule has 0 saturated carbocycles. The second-order valence-electron chi connectivity index (χ2n) is 2.87. The number of hydrogen-bond donors (Lipinski definition) is 1. The van der Waals surface area contributed by atoms with E-state index in [9.17, 15) is 0 Å². The van der Waals surface area contributed by atoms with Crippen LogP contribution in [0.4, 0.5) is 0 Å². The van der Waals surface area contributed by atoms with E-state index < -0.39 is 0 Å². The summed E-state index contributed by atoms with van der Waals surface area (Å²) in [6, 6.07) is 6.03. The summed E-state index contributed by atoms with van der Waals surface area (Å²) < 4.78 is 0. The quantitative estimate of drug-likeness (QED) is 0.832. The van der Waals surface area contributed by atoms with Gasteiger partial charge in [0, 0.05) is 6.20 Å². The topological polar surface area (TPSA) is 37.8 Å². The number of aromatic nitrogens is 2. The summed E-state index contributed by atoms with van der Waals surface area (Å²) in [4.78, 5) is 9.80. The minimum atomic E-state index is 0.708. The summed E-state index contributed by atoms with van der Waals surface area (Å²) in [5, 5.41) is 5.09. The monoisotopic (exact) mass is 205 g/mol. The molecule has 3 nitrogen and oxygen atoms in total. The van der Waals surface area contributed by atoms with Crippen molar-refractivity contribution >= 4 is 11.3 Å². The zero-order chi connectivity index (χ0) is 9.80. The second kappa shape index (κ2) is 4.30. The predicted molar refractivity (Wildman–Crippen MR) is 58.1 cm³/mol. The van der Waals surface area contributed by atoms with E-state index in [2.05, 4.69) is 26.7 Å². The van der Waals surface area contributed by atoms with Gasteiger partial charge in [0.15, 0.2) is 0 Å². The fourth-order valence-electron chi connectivity index (χ4n) is 1.20. The maximum atomic E-state index is 4.44. The van der Waals surface area contributed by atoms with E-state index in [-0.39, 0.29) is 0 Å². The molecule has 0 radical (unpaired) electrons. The first-order valence-electron chi connectivity index (χ1n) is 4.40. The van der Waals surface area contributed by atoms with Crippen LogP contribution in [0.25, 0.3) is 10.6 Å². The van der Waals surface area contributed by atoms with Gasteiger partial charge in [0.25, 0.3) is 0 Å². The van der Waals surface area contributed by atoms with Crippen LogP contribution in [0.15, 0.2) is 29.8 Å². The van der Waals surface area contributed by atoms with Crippen LogP contribution >= 0.6 is 11.3 Å². The van der Waals surface area contributed by atoms with Crippen molar-refractivity contribution in [3.63, 3.8) is 0 Å². The van der Waals surface area contributed by atoms with Gasteiger partial charge in [-0.25, -0.2) is 9.97 Å². The molecule has 2 aromatic rings. The van der Waals surface area contributed by atoms with Crippen LogP contribution in [0.2, 0.25) is 0 Å². The molecule has 0 fully saturated rings. The fraction of sp³-hybridized carbons (Fsp3) is 0.200. The van der Waals surface area contributed by atoms with Gasteiger partial charge in [-0.05, 0) is 24.6 Å². The summed E-state index contributed by atoms with van der Waals surface area (Å²) in [6.45, 7) is 0.708. The van der Waals surface area contributed by atoms with E-state index in [0.717, 1.165) is 11.5 Å². The van der Waals surface area contributed by atoms with Gasteiger partial charge in [0.2, 0.25) is 0 Å². The van der Waals surface area contributed by atoms with Crippen molar-refractivity contribution in [3.8, 4) is 10.6 Å². The Kier molecular flexibility index (Phi) is 2.86. The molecule has 2 aromatic heterocycles. The van der Waals surface area contributed by atoms with Gasteiger partial charge in [-0.15, -0.1) is 11.3 Å². The Morgan fingerprint density at radius 2 is 2.36 bits per heavy atom. The normalized spacial score (nSPS) is 10.4. The maximum Gasteiger partial charge on any atom is 0.142 e. The molecule has 1 N–H and O–H groups in total. The smallest absolute Gasteiger partial charge is 0.142 e. The first-order chi connectivity index (χ1) is 6.90. The molecule has 14 heavy (non-hydrogen) atoms. The van der Waals surface area contributed by atoms with E-state index >= 15 is 0 Å². The van der Waals surface area contributed by atoms with E-state index in [0.29, 0.717) is 6.54 Å². The number of hydrogen-bond acceptors (Lipinski definition) is 4. The molecule has 4 heteroatoms. The zero-order valence-electron chi connectivity index (χ0n) is 7.90. The maximum absolute atomic E-state index is 4.44. The van der Waals surface area contributed by atoms with Crippen LogP contribution in [0.5, 0.6) is 0 Å². The second-order valence-corrected chi connectivity index (χ2v) is 3.81. The van der Waals surface area contributed by atoms with Gasteiger partial charge < -0.3 is 5.32 Å². The molecule has 0 aromatic carbocycles. The Morgan fingerprint density at radius 1 is 1.43 bits per heavy atom. The number of thiophene rings is 1. The van der Waals surface area contributed by atoms with Crippen molar-refractivity contribution in [1.29, 1.82) is 0 Å². The van der Waals surface area contributed by atoms with E-state index in [1.807, 2.05) is 19.2 Å². The summed E-state index contributed by atoms with van der Waals surface area (Å²) in [7, 11) is 1.89. The zero-order valence-corrected chi connectivity index (χ0v) is 8.71. The Hall–Kier alpha value is -1.26.